The monoisotopic (exact) mass is 223 g/mol. The summed E-state index contributed by atoms with van der Waals surface area (Å²) in [6, 6.07) is 1.46. The quantitative estimate of drug-likeness (QED) is 0.791. The lowest BCUT2D eigenvalue weighted by molar-refractivity contribution is 0.0511. The smallest absolute Gasteiger partial charge is 0.0619 e. The number of fused-ring (bicyclic) bond motifs is 1. The highest BCUT2D eigenvalue weighted by molar-refractivity contribution is 4.92. The van der Waals surface area contributed by atoms with Gasteiger partial charge in [-0.05, 0) is 44.9 Å². The van der Waals surface area contributed by atoms with Crippen molar-refractivity contribution in [3.8, 4) is 0 Å². The molecule has 0 radical (unpaired) electrons. The number of hydrogen-bond donors (Lipinski definition) is 1. The van der Waals surface area contributed by atoms with Crippen LogP contribution < -0.4 is 5.32 Å². The molecule has 4 atom stereocenters. The molecule has 1 aliphatic heterocycles. The average Bonchev–Trinajstić information content (AvgIpc) is 2.94. The predicted molar refractivity (Wildman–Crippen MR) is 65.4 cm³/mol. The molecule has 4 unspecified atom stereocenters. The Bertz CT molecular complexity index is 239. The highest BCUT2D eigenvalue weighted by Gasteiger charge is 2.38. The fraction of sp³-hybridized carbons (Fsp3) is 1.00. The first-order valence-corrected chi connectivity index (χ1v) is 7.20. The minimum atomic E-state index is 0.583. The first-order valence-electron chi connectivity index (χ1n) is 7.20. The van der Waals surface area contributed by atoms with Crippen molar-refractivity contribution in [2.45, 2.75) is 70.1 Å². The maximum Gasteiger partial charge on any atom is 0.0619 e. The summed E-state index contributed by atoms with van der Waals surface area (Å²) in [5, 5.41) is 3.88. The second-order valence-electron chi connectivity index (χ2n) is 6.15. The fourth-order valence-electron chi connectivity index (χ4n) is 3.67. The number of ether oxygens (including phenoxy) is 1. The van der Waals surface area contributed by atoms with Crippen LogP contribution in [0.2, 0.25) is 0 Å². The lowest BCUT2D eigenvalue weighted by Gasteiger charge is -2.35. The van der Waals surface area contributed by atoms with Gasteiger partial charge in [-0.1, -0.05) is 12.8 Å². The van der Waals surface area contributed by atoms with Crippen LogP contribution in [0.3, 0.4) is 0 Å². The van der Waals surface area contributed by atoms with Gasteiger partial charge in [-0.25, -0.2) is 0 Å². The minimum absolute atomic E-state index is 0.583. The van der Waals surface area contributed by atoms with Crippen molar-refractivity contribution in [1.82, 2.24) is 5.32 Å². The molecule has 2 saturated carbocycles. The molecule has 3 fully saturated rings. The molecule has 2 heteroatoms. The van der Waals surface area contributed by atoms with E-state index in [9.17, 15) is 0 Å². The Hall–Kier alpha value is -0.0800. The van der Waals surface area contributed by atoms with Crippen LogP contribution in [0, 0.1) is 11.8 Å². The van der Waals surface area contributed by atoms with Gasteiger partial charge in [0.2, 0.25) is 0 Å². The van der Waals surface area contributed by atoms with Gasteiger partial charge in [-0.2, -0.15) is 0 Å². The Morgan fingerprint density at radius 2 is 2.06 bits per heavy atom. The van der Waals surface area contributed by atoms with Crippen molar-refractivity contribution in [1.29, 1.82) is 0 Å². The van der Waals surface area contributed by atoms with Gasteiger partial charge in [-0.15, -0.1) is 0 Å². The molecule has 2 nitrogen and oxygen atoms in total. The summed E-state index contributed by atoms with van der Waals surface area (Å²) in [6.07, 6.45) is 10.3. The molecule has 92 valence electrons. The van der Waals surface area contributed by atoms with Crippen LogP contribution in [0.15, 0.2) is 0 Å². The van der Waals surface area contributed by atoms with Gasteiger partial charge in [0.1, 0.15) is 0 Å². The zero-order valence-electron chi connectivity index (χ0n) is 10.5. The van der Waals surface area contributed by atoms with Gasteiger partial charge in [0.15, 0.2) is 0 Å². The summed E-state index contributed by atoms with van der Waals surface area (Å²) in [7, 11) is 0. The standard InChI is InChI=1S/C14H25NO/c1-10(9-11-5-6-11)15-13-3-2-4-14-12(13)7-8-16-14/h10-15H,2-9H2,1H3. The van der Waals surface area contributed by atoms with Crippen LogP contribution in [0.25, 0.3) is 0 Å². The molecule has 0 bridgehead atoms. The van der Waals surface area contributed by atoms with Gasteiger partial charge in [0.25, 0.3) is 0 Å². The summed E-state index contributed by atoms with van der Waals surface area (Å²) < 4.78 is 5.82. The molecule has 1 heterocycles. The van der Waals surface area contributed by atoms with Crippen molar-refractivity contribution in [2.75, 3.05) is 6.61 Å². The molecule has 0 aromatic heterocycles. The summed E-state index contributed by atoms with van der Waals surface area (Å²) in [5.41, 5.74) is 0. The lowest BCUT2D eigenvalue weighted by Crippen LogP contribution is -2.46. The third-order valence-electron chi connectivity index (χ3n) is 4.66. The van der Waals surface area contributed by atoms with Crippen molar-refractivity contribution in [3.05, 3.63) is 0 Å². The maximum absolute atomic E-state index is 5.82. The Morgan fingerprint density at radius 3 is 2.88 bits per heavy atom. The Labute approximate surface area is 99.1 Å². The van der Waals surface area contributed by atoms with E-state index in [2.05, 4.69) is 12.2 Å². The molecule has 0 aromatic rings. The van der Waals surface area contributed by atoms with Crippen LogP contribution >= 0.6 is 0 Å². The van der Waals surface area contributed by atoms with Crippen molar-refractivity contribution in [3.63, 3.8) is 0 Å². The van der Waals surface area contributed by atoms with Crippen molar-refractivity contribution < 1.29 is 4.74 Å². The molecule has 1 saturated heterocycles. The van der Waals surface area contributed by atoms with Crippen LogP contribution in [0.1, 0.15) is 51.9 Å². The second-order valence-corrected chi connectivity index (χ2v) is 6.15. The zero-order chi connectivity index (χ0) is 11.0. The Morgan fingerprint density at radius 1 is 1.19 bits per heavy atom. The molecular weight excluding hydrogens is 198 g/mol. The van der Waals surface area contributed by atoms with Crippen LogP contribution in [-0.4, -0.2) is 24.8 Å². The van der Waals surface area contributed by atoms with E-state index in [4.69, 9.17) is 4.74 Å². The van der Waals surface area contributed by atoms with E-state index in [0.717, 1.165) is 30.5 Å². The normalized spacial score (nSPS) is 40.7. The van der Waals surface area contributed by atoms with Gasteiger partial charge in [0, 0.05) is 24.6 Å². The molecule has 0 amide bonds. The van der Waals surface area contributed by atoms with Gasteiger partial charge >= 0.3 is 0 Å². The van der Waals surface area contributed by atoms with Crippen LogP contribution in [0.4, 0.5) is 0 Å². The molecule has 1 N–H and O–H groups in total. The SMILES string of the molecule is CC(CC1CC1)NC1CCCC2OCCC12. The number of nitrogens with one attached hydrogen (secondary N) is 1. The van der Waals surface area contributed by atoms with E-state index in [1.54, 1.807) is 0 Å². The molecule has 3 aliphatic rings. The third kappa shape index (κ3) is 2.43. The van der Waals surface area contributed by atoms with E-state index < -0.39 is 0 Å². The number of hydrogen-bond acceptors (Lipinski definition) is 2. The first kappa shape index (κ1) is 11.0. The summed E-state index contributed by atoms with van der Waals surface area (Å²) in [5.74, 6) is 1.86. The second kappa shape index (κ2) is 4.66. The summed E-state index contributed by atoms with van der Waals surface area (Å²) in [4.78, 5) is 0. The average molecular weight is 223 g/mol. The Kier molecular flexibility index (Phi) is 3.21. The molecule has 2 aliphatic carbocycles. The predicted octanol–water partition coefficient (Wildman–Crippen LogP) is 2.72. The molecule has 0 aromatic carbocycles. The van der Waals surface area contributed by atoms with Crippen LogP contribution in [-0.2, 0) is 4.74 Å². The van der Waals surface area contributed by atoms with Crippen LogP contribution in [0.5, 0.6) is 0 Å². The fourth-order valence-corrected chi connectivity index (χ4v) is 3.67. The molecule has 16 heavy (non-hydrogen) atoms. The molecule has 3 rings (SSSR count). The highest BCUT2D eigenvalue weighted by Crippen LogP contribution is 2.36. The number of rotatable bonds is 4. The van der Waals surface area contributed by atoms with Crippen molar-refractivity contribution >= 4 is 0 Å². The third-order valence-corrected chi connectivity index (χ3v) is 4.66. The van der Waals surface area contributed by atoms with E-state index in [1.807, 2.05) is 0 Å². The highest BCUT2D eigenvalue weighted by atomic mass is 16.5. The largest absolute Gasteiger partial charge is 0.378 e. The maximum atomic E-state index is 5.82. The Balaban J connectivity index is 1.51. The van der Waals surface area contributed by atoms with E-state index in [-0.39, 0.29) is 0 Å². The topological polar surface area (TPSA) is 21.3 Å². The van der Waals surface area contributed by atoms with Gasteiger partial charge in [0.05, 0.1) is 6.10 Å². The van der Waals surface area contributed by atoms with Gasteiger partial charge in [-0.3, -0.25) is 0 Å². The molecular formula is C14H25NO. The van der Waals surface area contributed by atoms with E-state index in [1.165, 1.54) is 44.9 Å². The summed E-state index contributed by atoms with van der Waals surface area (Å²) >= 11 is 0. The van der Waals surface area contributed by atoms with Crippen molar-refractivity contribution in [2.24, 2.45) is 11.8 Å². The lowest BCUT2D eigenvalue weighted by atomic mass is 9.81. The summed E-state index contributed by atoms with van der Waals surface area (Å²) in [6.45, 7) is 3.38. The molecule has 0 spiro atoms. The first-order chi connectivity index (χ1) is 7.83. The van der Waals surface area contributed by atoms with E-state index in [0.29, 0.717) is 6.10 Å². The zero-order valence-corrected chi connectivity index (χ0v) is 10.5. The van der Waals surface area contributed by atoms with Gasteiger partial charge < -0.3 is 10.1 Å². The minimum Gasteiger partial charge on any atom is -0.378 e. The van der Waals surface area contributed by atoms with E-state index >= 15 is 0 Å².